The maximum absolute atomic E-state index is 11.6. The summed E-state index contributed by atoms with van der Waals surface area (Å²) in [7, 11) is 0. The first-order valence-electron chi connectivity index (χ1n) is 6.50. The quantitative estimate of drug-likeness (QED) is 0.894. The number of nitrogens with zero attached hydrogens (tertiary/aromatic N) is 2. The van der Waals surface area contributed by atoms with E-state index in [0.29, 0.717) is 22.6 Å². The lowest BCUT2D eigenvalue weighted by atomic mass is 10.0. The van der Waals surface area contributed by atoms with Gasteiger partial charge in [0.05, 0.1) is 5.69 Å². The lowest BCUT2D eigenvalue weighted by molar-refractivity contribution is -0.114. The molecular formula is C15H21N3O3. The molecule has 1 aromatic rings. The van der Waals surface area contributed by atoms with Gasteiger partial charge in [-0.3, -0.25) is 9.69 Å². The summed E-state index contributed by atoms with van der Waals surface area (Å²) in [6.45, 7) is 12.4. The van der Waals surface area contributed by atoms with Crippen LogP contribution in [0.2, 0.25) is 0 Å². The first kappa shape index (κ1) is 16.7. The molecule has 2 N–H and O–H groups in total. The number of pyridine rings is 1. The zero-order chi connectivity index (χ0) is 16.4. The summed E-state index contributed by atoms with van der Waals surface area (Å²) in [5.41, 5.74) is 1.12. The number of amides is 2. The van der Waals surface area contributed by atoms with E-state index in [4.69, 9.17) is 0 Å². The topological polar surface area (TPSA) is 82.5 Å². The Labute approximate surface area is 124 Å². The number of rotatable bonds is 3. The Morgan fingerprint density at radius 1 is 1.33 bits per heavy atom. The van der Waals surface area contributed by atoms with Crippen molar-refractivity contribution >= 4 is 29.1 Å². The van der Waals surface area contributed by atoms with Gasteiger partial charge < -0.3 is 10.4 Å². The predicted molar refractivity (Wildman–Crippen MR) is 83.5 cm³/mol. The Kier molecular flexibility index (Phi) is 4.73. The summed E-state index contributed by atoms with van der Waals surface area (Å²) in [5, 5.41) is 12.1. The number of carbonyl (C=O) groups is 2. The van der Waals surface area contributed by atoms with E-state index in [1.54, 1.807) is 33.8 Å². The SMILES string of the molecule is C=C(C)c1cnc(NC(C)=O)cc1N(C(=O)O)C(C)(C)C. The van der Waals surface area contributed by atoms with Crippen LogP contribution < -0.4 is 10.2 Å². The minimum absolute atomic E-state index is 0.269. The van der Waals surface area contributed by atoms with Crippen LogP contribution in [-0.4, -0.2) is 27.6 Å². The third kappa shape index (κ3) is 4.05. The van der Waals surface area contributed by atoms with Crippen molar-refractivity contribution in [1.82, 2.24) is 4.98 Å². The van der Waals surface area contributed by atoms with Crippen LogP contribution >= 0.6 is 0 Å². The Morgan fingerprint density at radius 2 is 1.90 bits per heavy atom. The smallest absolute Gasteiger partial charge is 0.412 e. The number of hydrogen-bond donors (Lipinski definition) is 2. The van der Waals surface area contributed by atoms with Crippen molar-refractivity contribution in [3.8, 4) is 0 Å². The molecule has 0 saturated heterocycles. The zero-order valence-corrected chi connectivity index (χ0v) is 13.0. The van der Waals surface area contributed by atoms with Crippen LogP contribution in [-0.2, 0) is 4.79 Å². The fourth-order valence-electron chi connectivity index (χ4n) is 1.96. The van der Waals surface area contributed by atoms with Gasteiger partial charge in [-0.2, -0.15) is 0 Å². The van der Waals surface area contributed by atoms with Crippen LogP contribution in [0.25, 0.3) is 5.57 Å². The van der Waals surface area contributed by atoms with E-state index >= 15 is 0 Å². The number of aromatic nitrogens is 1. The largest absolute Gasteiger partial charge is 0.465 e. The fourth-order valence-corrected chi connectivity index (χ4v) is 1.96. The summed E-state index contributed by atoms with van der Waals surface area (Å²) in [5.74, 6) is 0.0344. The number of carbonyl (C=O) groups excluding carboxylic acids is 1. The molecule has 0 bridgehead atoms. The highest BCUT2D eigenvalue weighted by Crippen LogP contribution is 2.32. The molecule has 6 nitrogen and oxygen atoms in total. The first-order valence-corrected chi connectivity index (χ1v) is 6.50. The summed E-state index contributed by atoms with van der Waals surface area (Å²) < 4.78 is 0. The van der Waals surface area contributed by atoms with Crippen molar-refractivity contribution in [2.45, 2.75) is 40.2 Å². The van der Waals surface area contributed by atoms with Gasteiger partial charge in [0.1, 0.15) is 5.82 Å². The lowest BCUT2D eigenvalue weighted by Crippen LogP contribution is -2.45. The number of nitrogens with one attached hydrogen (secondary N) is 1. The Balaban J connectivity index is 3.50. The van der Waals surface area contributed by atoms with Crippen molar-refractivity contribution in [2.24, 2.45) is 0 Å². The fraction of sp³-hybridized carbons (Fsp3) is 0.400. The van der Waals surface area contributed by atoms with E-state index in [-0.39, 0.29) is 5.91 Å². The molecule has 0 saturated carbocycles. The van der Waals surface area contributed by atoms with Gasteiger partial charge in [0.15, 0.2) is 0 Å². The van der Waals surface area contributed by atoms with Crippen molar-refractivity contribution in [1.29, 1.82) is 0 Å². The van der Waals surface area contributed by atoms with Gasteiger partial charge in [0, 0.05) is 30.3 Å². The molecule has 1 heterocycles. The summed E-state index contributed by atoms with van der Waals surface area (Å²) in [4.78, 5) is 28.1. The monoisotopic (exact) mass is 291 g/mol. The molecule has 0 atom stereocenters. The van der Waals surface area contributed by atoms with E-state index in [1.807, 2.05) is 0 Å². The predicted octanol–water partition coefficient (Wildman–Crippen LogP) is 3.36. The Bertz CT molecular complexity index is 588. The molecule has 6 heteroatoms. The van der Waals surface area contributed by atoms with Gasteiger partial charge in [0.25, 0.3) is 0 Å². The van der Waals surface area contributed by atoms with Crippen LogP contribution in [0.15, 0.2) is 18.8 Å². The van der Waals surface area contributed by atoms with Crippen LogP contribution in [0.3, 0.4) is 0 Å². The average molecular weight is 291 g/mol. The molecule has 0 spiro atoms. The van der Waals surface area contributed by atoms with Crippen LogP contribution in [0, 0.1) is 0 Å². The molecule has 0 radical (unpaired) electrons. The molecule has 2 amide bonds. The van der Waals surface area contributed by atoms with Gasteiger partial charge in [-0.1, -0.05) is 6.58 Å². The highest BCUT2D eigenvalue weighted by molar-refractivity contribution is 5.94. The van der Waals surface area contributed by atoms with Crippen LogP contribution in [0.4, 0.5) is 16.3 Å². The summed E-state index contributed by atoms with van der Waals surface area (Å²) >= 11 is 0. The molecule has 0 unspecified atom stereocenters. The second kappa shape index (κ2) is 5.95. The maximum atomic E-state index is 11.6. The van der Waals surface area contributed by atoms with Gasteiger partial charge in [-0.25, -0.2) is 9.78 Å². The third-order valence-corrected chi connectivity index (χ3v) is 2.75. The molecule has 114 valence electrons. The lowest BCUT2D eigenvalue weighted by Gasteiger charge is -2.34. The number of carboxylic acid groups (broad SMARTS) is 1. The third-order valence-electron chi connectivity index (χ3n) is 2.75. The molecule has 0 aliphatic heterocycles. The number of anilines is 2. The standard InChI is InChI=1S/C15H21N3O3/c1-9(2)11-8-16-13(17-10(3)19)7-12(11)18(14(20)21)15(4,5)6/h7-8H,1H2,2-6H3,(H,20,21)(H,16,17,19). The second-order valence-corrected chi connectivity index (χ2v) is 5.84. The van der Waals surface area contributed by atoms with Crippen molar-refractivity contribution in [2.75, 3.05) is 10.2 Å². The van der Waals surface area contributed by atoms with E-state index in [2.05, 4.69) is 16.9 Å². The minimum atomic E-state index is -1.08. The van der Waals surface area contributed by atoms with Crippen LogP contribution in [0.1, 0.15) is 40.2 Å². The normalized spacial score (nSPS) is 10.9. The van der Waals surface area contributed by atoms with Gasteiger partial charge in [-0.05, 0) is 33.3 Å². The molecule has 21 heavy (non-hydrogen) atoms. The zero-order valence-electron chi connectivity index (χ0n) is 13.0. The summed E-state index contributed by atoms with van der Waals surface area (Å²) in [6.07, 6.45) is 0.440. The number of hydrogen-bond acceptors (Lipinski definition) is 3. The minimum Gasteiger partial charge on any atom is -0.465 e. The van der Waals surface area contributed by atoms with E-state index < -0.39 is 11.6 Å². The van der Waals surface area contributed by atoms with Crippen LogP contribution in [0.5, 0.6) is 0 Å². The Morgan fingerprint density at radius 3 is 2.29 bits per heavy atom. The van der Waals surface area contributed by atoms with E-state index in [9.17, 15) is 14.7 Å². The van der Waals surface area contributed by atoms with E-state index in [1.165, 1.54) is 18.0 Å². The molecule has 1 aromatic heterocycles. The molecule has 0 aliphatic rings. The second-order valence-electron chi connectivity index (χ2n) is 5.84. The van der Waals surface area contributed by atoms with E-state index in [0.717, 1.165) is 0 Å². The number of allylic oxidation sites excluding steroid dienone is 1. The highest BCUT2D eigenvalue weighted by atomic mass is 16.4. The van der Waals surface area contributed by atoms with Gasteiger partial charge in [0.2, 0.25) is 5.91 Å². The molecule has 0 aliphatic carbocycles. The maximum Gasteiger partial charge on any atom is 0.412 e. The molecular weight excluding hydrogens is 270 g/mol. The summed E-state index contributed by atoms with van der Waals surface area (Å²) in [6, 6.07) is 1.55. The highest BCUT2D eigenvalue weighted by Gasteiger charge is 2.30. The first-order chi connectivity index (χ1) is 9.54. The van der Waals surface area contributed by atoms with Crippen molar-refractivity contribution in [3.63, 3.8) is 0 Å². The van der Waals surface area contributed by atoms with Crippen molar-refractivity contribution < 1.29 is 14.7 Å². The van der Waals surface area contributed by atoms with Gasteiger partial charge in [-0.15, -0.1) is 0 Å². The Hall–Kier alpha value is -2.37. The average Bonchev–Trinajstić information content (AvgIpc) is 2.25. The molecule has 0 fully saturated rings. The van der Waals surface area contributed by atoms with Crippen molar-refractivity contribution in [3.05, 3.63) is 24.4 Å². The molecule has 0 aromatic carbocycles. The van der Waals surface area contributed by atoms with Gasteiger partial charge >= 0.3 is 6.09 Å². The molecule has 1 rings (SSSR count).